The van der Waals surface area contributed by atoms with Gasteiger partial charge in [0, 0.05) is 25.2 Å². The van der Waals surface area contributed by atoms with Crippen LogP contribution in [0.4, 0.5) is 0 Å². The van der Waals surface area contributed by atoms with Gasteiger partial charge in [-0.25, -0.2) is 0 Å². The molecule has 2 aliphatic heterocycles. The Morgan fingerprint density at radius 2 is 2.19 bits per heavy atom. The summed E-state index contributed by atoms with van der Waals surface area (Å²) in [6.07, 6.45) is 6.42. The number of hydrogen-bond donors (Lipinski definition) is 2. The summed E-state index contributed by atoms with van der Waals surface area (Å²) in [6, 6.07) is 10.5. The van der Waals surface area contributed by atoms with Crippen molar-refractivity contribution in [1.82, 2.24) is 25.4 Å². The van der Waals surface area contributed by atoms with Gasteiger partial charge >= 0.3 is 0 Å². The molecule has 2 atom stereocenters. The van der Waals surface area contributed by atoms with E-state index in [0.717, 1.165) is 53.5 Å². The number of fused-ring (bicyclic) bond motifs is 1. The SMILES string of the molecule is CN1CC[C@@]2(CC[C@H](c3cc(-c4cccc5[nH]ncc45)ccn3)N2)C1=O. The molecule has 3 aromatic rings. The third-order valence-corrected chi connectivity index (χ3v) is 5.87. The van der Waals surface area contributed by atoms with Crippen LogP contribution in [0.25, 0.3) is 22.0 Å². The second-order valence-corrected chi connectivity index (χ2v) is 7.40. The predicted octanol–water partition coefficient (Wildman–Crippen LogP) is 2.65. The minimum atomic E-state index is -0.387. The Labute approximate surface area is 151 Å². The molecule has 4 heterocycles. The van der Waals surface area contributed by atoms with Crippen LogP contribution >= 0.6 is 0 Å². The molecule has 5 rings (SSSR count). The summed E-state index contributed by atoms with van der Waals surface area (Å²) in [6.45, 7) is 0.828. The molecule has 0 aliphatic carbocycles. The third-order valence-electron chi connectivity index (χ3n) is 5.87. The summed E-state index contributed by atoms with van der Waals surface area (Å²) in [5, 5.41) is 11.9. The minimum Gasteiger partial charge on any atom is -0.344 e. The van der Waals surface area contributed by atoms with Crippen molar-refractivity contribution in [1.29, 1.82) is 0 Å². The van der Waals surface area contributed by atoms with E-state index in [-0.39, 0.29) is 17.5 Å². The largest absolute Gasteiger partial charge is 0.344 e. The number of nitrogens with one attached hydrogen (secondary N) is 2. The molecule has 1 spiro atoms. The second kappa shape index (κ2) is 5.64. The maximum absolute atomic E-state index is 12.5. The fourth-order valence-electron chi connectivity index (χ4n) is 4.41. The molecule has 0 unspecified atom stereocenters. The van der Waals surface area contributed by atoms with Gasteiger partial charge in [-0.2, -0.15) is 5.10 Å². The standard InChI is InChI=1S/C20H21N5O/c1-25-10-8-20(19(25)26)7-5-17(23-20)18-11-13(6-9-21-18)14-3-2-4-16-15(14)12-22-24-16/h2-4,6,9,11-12,17,23H,5,7-8,10H2,1H3,(H,22,24)/t17-,20+/m1/s1. The summed E-state index contributed by atoms with van der Waals surface area (Å²) in [5.41, 5.74) is 3.91. The van der Waals surface area contributed by atoms with Gasteiger partial charge in [-0.1, -0.05) is 12.1 Å². The van der Waals surface area contributed by atoms with Gasteiger partial charge in [0.2, 0.25) is 5.91 Å². The maximum atomic E-state index is 12.5. The average Bonchev–Trinajstić information content (AvgIpc) is 3.38. The van der Waals surface area contributed by atoms with Gasteiger partial charge in [-0.3, -0.25) is 20.2 Å². The number of pyridine rings is 1. The van der Waals surface area contributed by atoms with Crippen LogP contribution in [0.5, 0.6) is 0 Å². The van der Waals surface area contributed by atoms with E-state index >= 15 is 0 Å². The number of carbonyl (C=O) groups excluding carboxylic acids is 1. The number of aromatic amines is 1. The molecule has 2 fully saturated rings. The first kappa shape index (κ1) is 15.5. The van der Waals surface area contributed by atoms with E-state index in [4.69, 9.17) is 0 Å². The van der Waals surface area contributed by atoms with Gasteiger partial charge in [0.05, 0.1) is 23.4 Å². The zero-order valence-corrected chi connectivity index (χ0v) is 14.7. The molecule has 0 saturated carbocycles. The van der Waals surface area contributed by atoms with Crippen LogP contribution in [0, 0.1) is 0 Å². The lowest BCUT2D eigenvalue weighted by atomic mass is 9.96. The summed E-state index contributed by atoms with van der Waals surface area (Å²) in [7, 11) is 1.89. The highest BCUT2D eigenvalue weighted by molar-refractivity contribution is 5.94. The Hall–Kier alpha value is -2.73. The first-order chi connectivity index (χ1) is 12.7. The molecule has 6 nitrogen and oxygen atoms in total. The van der Waals surface area contributed by atoms with E-state index < -0.39 is 0 Å². The molecule has 1 aromatic carbocycles. The van der Waals surface area contributed by atoms with Crippen LogP contribution in [-0.2, 0) is 4.79 Å². The maximum Gasteiger partial charge on any atom is 0.242 e. The van der Waals surface area contributed by atoms with Crippen LogP contribution in [0.2, 0.25) is 0 Å². The molecule has 2 aliphatic rings. The lowest BCUT2D eigenvalue weighted by Gasteiger charge is -2.23. The van der Waals surface area contributed by atoms with E-state index in [1.807, 2.05) is 42.5 Å². The first-order valence-corrected chi connectivity index (χ1v) is 9.08. The van der Waals surface area contributed by atoms with Gasteiger partial charge < -0.3 is 4.90 Å². The summed E-state index contributed by atoms with van der Waals surface area (Å²) in [4.78, 5) is 19.0. The molecule has 6 heteroatoms. The Bertz CT molecular complexity index is 997. The number of likely N-dealkylation sites (tertiary alicyclic amines) is 1. The average molecular weight is 347 g/mol. The molecule has 1 amide bonds. The van der Waals surface area contributed by atoms with Gasteiger partial charge in [-0.05, 0) is 48.6 Å². The topological polar surface area (TPSA) is 73.9 Å². The number of aromatic nitrogens is 3. The molecule has 2 aromatic heterocycles. The zero-order chi connectivity index (χ0) is 17.7. The first-order valence-electron chi connectivity index (χ1n) is 9.08. The van der Waals surface area contributed by atoms with Crippen molar-refractivity contribution in [2.24, 2.45) is 0 Å². The van der Waals surface area contributed by atoms with Crippen molar-refractivity contribution in [2.75, 3.05) is 13.6 Å². The normalized spacial score (nSPS) is 25.7. The van der Waals surface area contributed by atoms with Crippen LogP contribution in [0.1, 0.15) is 31.0 Å². The molecule has 132 valence electrons. The van der Waals surface area contributed by atoms with E-state index in [1.54, 1.807) is 0 Å². The van der Waals surface area contributed by atoms with Crippen molar-refractivity contribution in [3.63, 3.8) is 0 Å². The van der Waals surface area contributed by atoms with E-state index in [9.17, 15) is 4.79 Å². The van der Waals surface area contributed by atoms with Crippen molar-refractivity contribution < 1.29 is 4.79 Å². The van der Waals surface area contributed by atoms with Gasteiger partial charge in [-0.15, -0.1) is 0 Å². The molecular weight excluding hydrogens is 326 g/mol. The Balaban J connectivity index is 1.48. The van der Waals surface area contributed by atoms with Crippen LogP contribution in [0.15, 0.2) is 42.7 Å². The van der Waals surface area contributed by atoms with E-state index in [2.05, 4.69) is 32.6 Å². The van der Waals surface area contributed by atoms with Gasteiger partial charge in [0.25, 0.3) is 0 Å². The third kappa shape index (κ3) is 2.25. The van der Waals surface area contributed by atoms with Crippen LogP contribution in [-0.4, -0.2) is 45.1 Å². The fraction of sp³-hybridized carbons (Fsp3) is 0.350. The number of amides is 1. The highest BCUT2D eigenvalue weighted by Gasteiger charge is 2.50. The number of nitrogens with zero attached hydrogens (tertiary/aromatic N) is 3. The molecule has 26 heavy (non-hydrogen) atoms. The summed E-state index contributed by atoms with van der Waals surface area (Å²) in [5.74, 6) is 0.222. The molecule has 0 bridgehead atoms. The smallest absolute Gasteiger partial charge is 0.242 e. The summed E-state index contributed by atoms with van der Waals surface area (Å²) < 4.78 is 0. The predicted molar refractivity (Wildman–Crippen MR) is 99.4 cm³/mol. The van der Waals surface area contributed by atoms with Gasteiger partial charge in [0.1, 0.15) is 5.54 Å². The quantitative estimate of drug-likeness (QED) is 0.747. The number of hydrogen-bond acceptors (Lipinski definition) is 4. The number of carbonyl (C=O) groups is 1. The second-order valence-electron chi connectivity index (χ2n) is 7.40. The monoisotopic (exact) mass is 347 g/mol. The van der Waals surface area contributed by atoms with Crippen molar-refractivity contribution in [3.8, 4) is 11.1 Å². The van der Waals surface area contributed by atoms with Gasteiger partial charge in [0.15, 0.2) is 0 Å². The number of benzene rings is 1. The van der Waals surface area contributed by atoms with Crippen LogP contribution in [0.3, 0.4) is 0 Å². The Morgan fingerprint density at radius 1 is 1.27 bits per heavy atom. The number of rotatable bonds is 2. The van der Waals surface area contributed by atoms with Crippen molar-refractivity contribution >= 4 is 16.8 Å². The lowest BCUT2D eigenvalue weighted by molar-refractivity contribution is -0.131. The Kier molecular flexibility index (Phi) is 3.37. The molecule has 2 N–H and O–H groups in total. The molecule has 2 saturated heterocycles. The Morgan fingerprint density at radius 3 is 3.04 bits per heavy atom. The van der Waals surface area contributed by atoms with Crippen molar-refractivity contribution in [2.45, 2.75) is 30.8 Å². The number of likely N-dealkylation sites (N-methyl/N-ethyl adjacent to an activating group) is 1. The molecule has 0 radical (unpaired) electrons. The highest BCUT2D eigenvalue weighted by Crippen LogP contribution is 2.39. The van der Waals surface area contributed by atoms with E-state index in [0.29, 0.717) is 0 Å². The van der Waals surface area contributed by atoms with Crippen LogP contribution < -0.4 is 5.32 Å². The summed E-state index contributed by atoms with van der Waals surface area (Å²) >= 11 is 0. The minimum absolute atomic E-state index is 0.119. The molecular formula is C20H21N5O. The van der Waals surface area contributed by atoms with E-state index in [1.165, 1.54) is 0 Å². The zero-order valence-electron chi connectivity index (χ0n) is 14.7. The lowest BCUT2D eigenvalue weighted by Crippen LogP contribution is -2.47. The van der Waals surface area contributed by atoms with Crippen molar-refractivity contribution in [3.05, 3.63) is 48.4 Å². The number of H-pyrrole nitrogens is 1. The fourth-order valence-corrected chi connectivity index (χ4v) is 4.41. The highest BCUT2D eigenvalue weighted by atomic mass is 16.2.